The van der Waals surface area contributed by atoms with Crippen LogP contribution in [-0.2, 0) is 0 Å². The second-order valence-electron chi connectivity index (χ2n) is 6.50. The third kappa shape index (κ3) is 1.86. The Morgan fingerprint density at radius 1 is 0.522 bits per heavy atom. The number of benzene rings is 4. The molecule has 0 aliphatic heterocycles. The van der Waals surface area contributed by atoms with Crippen molar-refractivity contribution in [1.82, 2.24) is 0 Å². The van der Waals surface area contributed by atoms with Crippen LogP contribution in [0.3, 0.4) is 0 Å². The van der Waals surface area contributed by atoms with Gasteiger partial charge in [0.2, 0.25) is 0 Å². The van der Waals surface area contributed by atoms with Gasteiger partial charge in [0.25, 0.3) is 0 Å². The van der Waals surface area contributed by atoms with Gasteiger partial charge in [0, 0.05) is 10.8 Å². The van der Waals surface area contributed by atoms with Crippen molar-refractivity contribution in [2.75, 3.05) is 0 Å². The van der Waals surface area contributed by atoms with Gasteiger partial charge in [0.05, 0.1) is 0 Å². The Labute approximate surface area is 134 Å². The lowest BCUT2D eigenvalue weighted by Gasteiger charge is -2.00. The normalized spacial score (nSPS) is 11.9. The average molecular weight is 296 g/mol. The van der Waals surface area contributed by atoms with E-state index in [2.05, 4.69) is 74.5 Å². The molecule has 5 rings (SSSR count). The summed E-state index contributed by atoms with van der Waals surface area (Å²) in [6, 6.07) is 21.9. The average Bonchev–Trinajstić information content (AvgIpc) is 2.86. The largest absolute Gasteiger partial charge is 0.456 e. The minimum absolute atomic E-state index is 0.963. The summed E-state index contributed by atoms with van der Waals surface area (Å²) < 4.78 is 6.15. The molecule has 0 aliphatic rings. The first-order valence-electron chi connectivity index (χ1n) is 7.94. The maximum absolute atomic E-state index is 6.15. The molecule has 1 heterocycles. The highest BCUT2D eigenvalue weighted by Gasteiger charge is 2.10. The predicted molar refractivity (Wildman–Crippen MR) is 98.2 cm³/mol. The molecule has 0 spiro atoms. The Hall–Kier alpha value is -2.80. The molecule has 1 heteroatoms. The lowest BCUT2D eigenvalue weighted by Crippen LogP contribution is -1.77. The Morgan fingerprint density at radius 3 is 1.48 bits per heavy atom. The summed E-state index contributed by atoms with van der Waals surface area (Å²) in [6.45, 7) is 4.24. The molecule has 110 valence electrons. The van der Waals surface area contributed by atoms with Crippen LogP contribution in [0.5, 0.6) is 0 Å². The lowest BCUT2D eigenvalue weighted by atomic mass is 10.0. The zero-order chi connectivity index (χ0) is 15.6. The van der Waals surface area contributed by atoms with Crippen molar-refractivity contribution < 1.29 is 4.42 Å². The van der Waals surface area contributed by atoms with Gasteiger partial charge >= 0.3 is 0 Å². The van der Waals surface area contributed by atoms with Gasteiger partial charge in [-0.05, 0) is 59.7 Å². The van der Waals surface area contributed by atoms with Gasteiger partial charge in [0.1, 0.15) is 11.2 Å². The van der Waals surface area contributed by atoms with Gasteiger partial charge in [-0.1, -0.05) is 47.5 Å². The Kier molecular flexibility index (Phi) is 2.41. The van der Waals surface area contributed by atoms with Crippen molar-refractivity contribution in [3.8, 4) is 0 Å². The quantitative estimate of drug-likeness (QED) is 0.317. The first-order valence-corrected chi connectivity index (χ1v) is 7.94. The fourth-order valence-electron chi connectivity index (χ4n) is 3.50. The topological polar surface area (TPSA) is 13.1 Å². The van der Waals surface area contributed by atoms with Crippen molar-refractivity contribution in [3.05, 3.63) is 71.8 Å². The Morgan fingerprint density at radius 2 is 1.00 bits per heavy atom. The minimum Gasteiger partial charge on any atom is -0.456 e. The fraction of sp³-hybridized carbons (Fsp3) is 0.0909. The fourth-order valence-corrected chi connectivity index (χ4v) is 3.50. The van der Waals surface area contributed by atoms with Gasteiger partial charge in [-0.15, -0.1) is 0 Å². The third-order valence-corrected chi connectivity index (χ3v) is 4.70. The van der Waals surface area contributed by atoms with Crippen LogP contribution in [0.2, 0.25) is 0 Å². The smallest absolute Gasteiger partial charge is 0.136 e. The molecule has 23 heavy (non-hydrogen) atoms. The summed E-state index contributed by atoms with van der Waals surface area (Å²) in [7, 11) is 0. The Bertz CT molecular complexity index is 1130. The molecular formula is C22H16O. The molecule has 5 aromatic rings. The van der Waals surface area contributed by atoms with E-state index < -0.39 is 0 Å². The molecule has 0 fully saturated rings. The molecule has 0 saturated heterocycles. The number of furan rings is 1. The summed E-state index contributed by atoms with van der Waals surface area (Å²) >= 11 is 0. The van der Waals surface area contributed by atoms with E-state index >= 15 is 0 Å². The molecule has 0 unspecified atom stereocenters. The number of fused-ring (bicyclic) bond motifs is 5. The zero-order valence-electron chi connectivity index (χ0n) is 13.2. The molecule has 1 aromatic heterocycles. The molecule has 0 N–H and O–H groups in total. The molecule has 0 saturated carbocycles. The first-order chi connectivity index (χ1) is 11.2. The second-order valence-corrected chi connectivity index (χ2v) is 6.50. The minimum atomic E-state index is 0.963. The van der Waals surface area contributed by atoms with Crippen molar-refractivity contribution in [2.45, 2.75) is 13.8 Å². The van der Waals surface area contributed by atoms with Crippen LogP contribution in [-0.4, -0.2) is 0 Å². The maximum Gasteiger partial charge on any atom is 0.136 e. The molecule has 0 radical (unpaired) electrons. The Balaban J connectivity index is 1.94. The molecule has 0 aliphatic carbocycles. The van der Waals surface area contributed by atoms with Crippen LogP contribution in [0, 0.1) is 13.8 Å². The number of hydrogen-bond acceptors (Lipinski definition) is 1. The van der Waals surface area contributed by atoms with Crippen molar-refractivity contribution in [1.29, 1.82) is 0 Å². The van der Waals surface area contributed by atoms with Gasteiger partial charge in [-0.25, -0.2) is 0 Å². The van der Waals surface area contributed by atoms with Gasteiger partial charge in [0.15, 0.2) is 0 Å². The van der Waals surface area contributed by atoms with Gasteiger partial charge in [-0.3, -0.25) is 0 Å². The first kappa shape index (κ1) is 12.7. The van der Waals surface area contributed by atoms with Crippen LogP contribution >= 0.6 is 0 Å². The number of hydrogen-bond donors (Lipinski definition) is 0. The highest BCUT2D eigenvalue weighted by molar-refractivity contribution is 6.13. The van der Waals surface area contributed by atoms with E-state index in [1.807, 2.05) is 0 Å². The molecule has 0 amide bonds. The van der Waals surface area contributed by atoms with Crippen molar-refractivity contribution in [3.63, 3.8) is 0 Å². The summed E-state index contributed by atoms with van der Waals surface area (Å²) in [5.41, 5.74) is 4.47. The number of rotatable bonds is 0. The van der Waals surface area contributed by atoms with E-state index in [1.54, 1.807) is 0 Å². The SMILES string of the molecule is Cc1ccc2cc3c(cc2c1)oc1cc2cc(C)ccc2cc13. The maximum atomic E-state index is 6.15. The summed E-state index contributed by atoms with van der Waals surface area (Å²) in [5.74, 6) is 0. The summed E-state index contributed by atoms with van der Waals surface area (Å²) in [4.78, 5) is 0. The van der Waals surface area contributed by atoms with Gasteiger partial charge < -0.3 is 4.42 Å². The van der Waals surface area contributed by atoms with Crippen LogP contribution in [0.15, 0.2) is 65.1 Å². The molecule has 1 nitrogen and oxygen atoms in total. The van der Waals surface area contributed by atoms with E-state index in [4.69, 9.17) is 4.42 Å². The summed E-state index contributed by atoms with van der Waals surface area (Å²) in [6.07, 6.45) is 0. The van der Waals surface area contributed by atoms with E-state index in [-0.39, 0.29) is 0 Å². The monoisotopic (exact) mass is 296 g/mol. The molecule has 0 bridgehead atoms. The van der Waals surface area contributed by atoms with Crippen molar-refractivity contribution >= 4 is 43.5 Å². The molecule has 4 aromatic carbocycles. The van der Waals surface area contributed by atoms with E-state index in [0.29, 0.717) is 0 Å². The van der Waals surface area contributed by atoms with Crippen LogP contribution in [0.4, 0.5) is 0 Å². The van der Waals surface area contributed by atoms with Crippen molar-refractivity contribution in [2.24, 2.45) is 0 Å². The molecule has 0 atom stereocenters. The lowest BCUT2D eigenvalue weighted by molar-refractivity contribution is 0.670. The zero-order valence-corrected chi connectivity index (χ0v) is 13.2. The standard InChI is InChI=1S/C22H16O/c1-13-3-5-15-9-19-20-10-16-6-4-14(2)8-18(16)12-22(20)23-21(19)11-17(15)7-13/h3-12H,1-2H3. The van der Waals surface area contributed by atoms with E-state index in [1.165, 1.54) is 43.4 Å². The highest BCUT2D eigenvalue weighted by Crippen LogP contribution is 2.35. The van der Waals surface area contributed by atoms with Crippen LogP contribution < -0.4 is 0 Å². The summed E-state index contributed by atoms with van der Waals surface area (Å²) in [5, 5.41) is 7.37. The van der Waals surface area contributed by atoms with E-state index in [9.17, 15) is 0 Å². The van der Waals surface area contributed by atoms with Crippen LogP contribution in [0.25, 0.3) is 43.5 Å². The molecular weight excluding hydrogens is 280 g/mol. The van der Waals surface area contributed by atoms with Gasteiger partial charge in [-0.2, -0.15) is 0 Å². The second kappa shape index (κ2) is 4.36. The van der Waals surface area contributed by atoms with E-state index in [0.717, 1.165) is 11.2 Å². The highest BCUT2D eigenvalue weighted by atomic mass is 16.3. The predicted octanol–water partition coefficient (Wildman–Crippen LogP) is 6.51. The third-order valence-electron chi connectivity index (χ3n) is 4.70. The van der Waals surface area contributed by atoms with Crippen LogP contribution in [0.1, 0.15) is 11.1 Å². The number of aryl methyl sites for hydroxylation is 2.